The number of hydrogen-bond donors (Lipinski definition) is 3. The van der Waals surface area contributed by atoms with E-state index < -0.39 is 0 Å². The highest BCUT2D eigenvalue weighted by atomic mass is 15.1. The average molecular weight is 457 g/mol. The molecule has 0 aliphatic rings. The first-order valence-corrected chi connectivity index (χ1v) is 14.6. The summed E-state index contributed by atoms with van der Waals surface area (Å²) in [4.78, 5) is 2.79. The Morgan fingerprint density at radius 1 is 0.438 bits per heavy atom. The zero-order valence-corrected chi connectivity index (χ0v) is 22.8. The van der Waals surface area contributed by atoms with Crippen LogP contribution in [0.15, 0.2) is 0 Å². The molecular formula is C28H64N4. The molecule has 0 spiro atoms. The lowest BCUT2D eigenvalue weighted by molar-refractivity contribution is 0.254. The highest BCUT2D eigenvalue weighted by Crippen LogP contribution is 2.11. The Balaban J connectivity index is 0. The van der Waals surface area contributed by atoms with E-state index in [1.807, 2.05) is 0 Å². The Bertz CT molecular complexity index is 257. The van der Waals surface area contributed by atoms with Crippen LogP contribution >= 0.6 is 0 Å². The first-order valence-electron chi connectivity index (χ1n) is 14.6. The van der Waals surface area contributed by atoms with Crippen LogP contribution in [0.5, 0.6) is 0 Å². The van der Waals surface area contributed by atoms with Crippen molar-refractivity contribution in [1.29, 1.82) is 0 Å². The van der Waals surface area contributed by atoms with Gasteiger partial charge in [-0.3, -0.25) is 0 Å². The Morgan fingerprint density at radius 2 is 0.719 bits per heavy atom. The van der Waals surface area contributed by atoms with Crippen LogP contribution in [0.4, 0.5) is 0 Å². The maximum atomic E-state index is 5.17. The fourth-order valence-corrected chi connectivity index (χ4v) is 4.01. The Kier molecular flexibility index (Phi) is 35.1. The lowest BCUT2D eigenvalue weighted by atomic mass is 10.1. The number of nitrogens with one attached hydrogen (secondary N) is 1. The minimum absolute atomic E-state index is 0.694. The van der Waals surface area contributed by atoms with E-state index in [0.717, 1.165) is 13.1 Å². The van der Waals surface area contributed by atoms with E-state index in [4.69, 9.17) is 11.5 Å². The summed E-state index contributed by atoms with van der Waals surface area (Å²) < 4.78 is 0. The summed E-state index contributed by atoms with van der Waals surface area (Å²) in [5.74, 6) is 0. The lowest BCUT2D eigenvalue weighted by Gasteiger charge is -2.22. The minimum Gasteiger partial charge on any atom is -0.329 e. The summed E-state index contributed by atoms with van der Waals surface area (Å²) in [6, 6.07) is 0. The third-order valence-corrected chi connectivity index (χ3v) is 6.13. The molecule has 4 heteroatoms. The molecule has 0 rings (SSSR count). The SMILES string of the molecule is CCCCCCCCN(CCCCCCCC)CCCCCCCC.NCCNCCN. The molecule has 0 saturated heterocycles. The van der Waals surface area contributed by atoms with Crippen LogP contribution in [0, 0.1) is 0 Å². The van der Waals surface area contributed by atoms with Gasteiger partial charge in [-0.25, -0.2) is 0 Å². The topological polar surface area (TPSA) is 67.3 Å². The van der Waals surface area contributed by atoms with Crippen molar-refractivity contribution in [1.82, 2.24) is 10.2 Å². The van der Waals surface area contributed by atoms with Crippen molar-refractivity contribution >= 4 is 0 Å². The Labute approximate surface area is 204 Å². The molecule has 0 atom stereocenters. The molecular weight excluding hydrogens is 392 g/mol. The van der Waals surface area contributed by atoms with Crippen LogP contribution in [-0.2, 0) is 0 Å². The van der Waals surface area contributed by atoms with Crippen LogP contribution in [0.2, 0.25) is 0 Å². The van der Waals surface area contributed by atoms with E-state index in [0.29, 0.717) is 13.1 Å². The third-order valence-electron chi connectivity index (χ3n) is 6.13. The van der Waals surface area contributed by atoms with Crippen molar-refractivity contribution in [2.24, 2.45) is 11.5 Å². The molecule has 0 unspecified atom stereocenters. The number of nitrogens with zero attached hydrogens (tertiary/aromatic N) is 1. The Hall–Kier alpha value is -0.160. The predicted molar refractivity (Wildman–Crippen MR) is 148 cm³/mol. The van der Waals surface area contributed by atoms with Gasteiger partial charge in [0.15, 0.2) is 0 Å². The first-order chi connectivity index (χ1) is 15.8. The van der Waals surface area contributed by atoms with Crippen LogP contribution in [0.1, 0.15) is 136 Å². The van der Waals surface area contributed by atoms with Crippen LogP contribution in [0.25, 0.3) is 0 Å². The van der Waals surface area contributed by atoms with Crippen LogP contribution in [-0.4, -0.2) is 50.7 Å². The third kappa shape index (κ3) is 32.0. The number of hydrogen-bond acceptors (Lipinski definition) is 4. The molecule has 0 heterocycles. The number of rotatable bonds is 25. The van der Waals surface area contributed by atoms with Crippen molar-refractivity contribution in [3.63, 3.8) is 0 Å². The summed E-state index contributed by atoms with van der Waals surface area (Å²) >= 11 is 0. The molecule has 0 aromatic carbocycles. The molecule has 196 valence electrons. The second kappa shape index (κ2) is 33.0. The van der Waals surface area contributed by atoms with Crippen molar-refractivity contribution in [3.8, 4) is 0 Å². The molecule has 0 fully saturated rings. The average Bonchev–Trinajstić information content (AvgIpc) is 2.81. The number of nitrogens with two attached hydrogens (primary N) is 2. The molecule has 0 aliphatic carbocycles. The second-order valence-corrected chi connectivity index (χ2v) is 9.47. The van der Waals surface area contributed by atoms with Gasteiger partial charge in [-0.15, -0.1) is 0 Å². The lowest BCUT2D eigenvalue weighted by Crippen LogP contribution is -2.27. The van der Waals surface area contributed by atoms with Gasteiger partial charge in [0.2, 0.25) is 0 Å². The van der Waals surface area contributed by atoms with Crippen molar-refractivity contribution in [3.05, 3.63) is 0 Å². The highest BCUT2D eigenvalue weighted by Gasteiger charge is 2.05. The van der Waals surface area contributed by atoms with E-state index in [1.165, 1.54) is 135 Å². The molecule has 0 aromatic heterocycles. The van der Waals surface area contributed by atoms with Gasteiger partial charge in [0, 0.05) is 26.2 Å². The normalized spacial score (nSPS) is 11.1. The standard InChI is InChI=1S/C24H51N.C4H13N3/c1-4-7-10-13-16-19-22-25(23-20-17-14-11-8-5-2)24-21-18-15-12-9-6-3;5-1-3-7-4-2-6/h4-24H2,1-3H3;7H,1-6H2. The first kappa shape index (κ1) is 34.0. The van der Waals surface area contributed by atoms with Crippen LogP contribution < -0.4 is 16.8 Å². The fraction of sp³-hybridized carbons (Fsp3) is 1.00. The second-order valence-electron chi connectivity index (χ2n) is 9.47. The van der Waals surface area contributed by atoms with Crippen molar-refractivity contribution in [2.45, 2.75) is 136 Å². The van der Waals surface area contributed by atoms with Gasteiger partial charge >= 0.3 is 0 Å². The summed E-state index contributed by atoms with van der Waals surface area (Å²) in [6.07, 6.45) is 25.7. The molecule has 0 aromatic rings. The summed E-state index contributed by atoms with van der Waals surface area (Å²) in [7, 11) is 0. The Morgan fingerprint density at radius 3 is 1.00 bits per heavy atom. The molecule has 4 nitrogen and oxygen atoms in total. The van der Waals surface area contributed by atoms with Gasteiger partial charge in [-0.2, -0.15) is 0 Å². The van der Waals surface area contributed by atoms with E-state index in [2.05, 4.69) is 31.0 Å². The van der Waals surface area contributed by atoms with Gasteiger partial charge in [0.25, 0.3) is 0 Å². The molecule has 0 saturated carbocycles. The molecule has 0 bridgehead atoms. The number of unbranched alkanes of at least 4 members (excludes halogenated alkanes) is 15. The predicted octanol–water partition coefficient (Wildman–Crippen LogP) is 6.86. The zero-order chi connectivity index (χ0) is 24.0. The van der Waals surface area contributed by atoms with Crippen molar-refractivity contribution in [2.75, 3.05) is 45.8 Å². The summed E-state index contributed by atoms with van der Waals surface area (Å²) in [6.45, 7) is 14.1. The van der Waals surface area contributed by atoms with Gasteiger partial charge < -0.3 is 21.7 Å². The maximum Gasteiger partial charge on any atom is 0.00750 e. The van der Waals surface area contributed by atoms with Crippen LogP contribution in [0.3, 0.4) is 0 Å². The quantitative estimate of drug-likeness (QED) is 0.131. The van der Waals surface area contributed by atoms with Crippen molar-refractivity contribution < 1.29 is 0 Å². The van der Waals surface area contributed by atoms with Gasteiger partial charge in [0.1, 0.15) is 0 Å². The molecule has 0 aliphatic heterocycles. The smallest absolute Gasteiger partial charge is 0.00750 e. The molecule has 32 heavy (non-hydrogen) atoms. The molecule has 0 radical (unpaired) electrons. The van der Waals surface area contributed by atoms with E-state index in [9.17, 15) is 0 Å². The monoisotopic (exact) mass is 457 g/mol. The fourth-order valence-electron chi connectivity index (χ4n) is 4.01. The zero-order valence-electron chi connectivity index (χ0n) is 22.8. The van der Waals surface area contributed by atoms with Gasteiger partial charge in [-0.05, 0) is 38.9 Å². The van der Waals surface area contributed by atoms with E-state index in [-0.39, 0.29) is 0 Å². The molecule has 0 amide bonds. The summed E-state index contributed by atoms with van der Waals surface area (Å²) in [5, 5.41) is 3.03. The summed E-state index contributed by atoms with van der Waals surface area (Å²) in [5.41, 5.74) is 10.3. The highest BCUT2D eigenvalue weighted by molar-refractivity contribution is 4.60. The largest absolute Gasteiger partial charge is 0.329 e. The maximum absolute atomic E-state index is 5.17. The minimum atomic E-state index is 0.694. The van der Waals surface area contributed by atoms with Gasteiger partial charge in [-0.1, -0.05) is 117 Å². The molecule has 5 N–H and O–H groups in total. The van der Waals surface area contributed by atoms with E-state index >= 15 is 0 Å². The van der Waals surface area contributed by atoms with Gasteiger partial charge in [0.05, 0.1) is 0 Å². The van der Waals surface area contributed by atoms with E-state index in [1.54, 1.807) is 0 Å².